The lowest BCUT2D eigenvalue weighted by Crippen LogP contribution is -2.51. The number of nitrogens with two attached hydrogens (primary N) is 1. The molecule has 198 valence electrons. The SMILES string of the molecule is COc1ncc(Nc2nc3ccc(N4CCN(C(=O)N(C)C)CC4)nn3c2-c2cc(N)nc(C)n2)cc1F. The summed E-state index contributed by atoms with van der Waals surface area (Å²) in [5, 5.41) is 7.99. The quantitative estimate of drug-likeness (QED) is 0.401. The van der Waals surface area contributed by atoms with Crippen molar-refractivity contribution in [3.8, 4) is 17.3 Å². The van der Waals surface area contributed by atoms with Crippen LogP contribution in [0.2, 0.25) is 0 Å². The Morgan fingerprint density at radius 2 is 1.89 bits per heavy atom. The fraction of sp³-hybridized carbons (Fsp3) is 0.333. The summed E-state index contributed by atoms with van der Waals surface area (Å²) in [5.41, 5.74) is 7.97. The molecular weight excluding hydrogens is 493 g/mol. The number of nitrogens with one attached hydrogen (secondary N) is 1. The van der Waals surface area contributed by atoms with Crippen LogP contribution in [0, 0.1) is 12.7 Å². The second-order valence-electron chi connectivity index (χ2n) is 8.99. The van der Waals surface area contributed by atoms with Crippen molar-refractivity contribution in [3.63, 3.8) is 0 Å². The van der Waals surface area contributed by atoms with Crippen molar-refractivity contribution in [1.29, 1.82) is 0 Å². The van der Waals surface area contributed by atoms with Gasteiger partial charge in [-0.25, -0.2) is 33.6 Å². The van der Waals surface area contributed by atoms with E-state index in [9.17, 15) is 9.18 Å². The number of aryl methyl sites for hydroxylation is 1. The number of pyridine rings is 1. The number of carbonyl (C=O) groups is 1. The lowest BCUT2D eigenvalue weighted by Gasteiger charge is -2.36. The van der Waals surface area contributed by atoms with E-state index < -0.39 is 5.82 Å². The minimum Gasteiger partial charge on any atom is -0.479 e. The molecule has 5 heterocycles. The molecule has 13 nitrogen and oxygen atoms in total. The molecule has 0 aromatic carbocycles. The summed E-state index contributed by atoms with van der Waals surface area (Å²) in [6.07, 6.45) is 1.45. The van der Waals surface area contributed by atoms with Crippen molar-refractivity contribution in [3.05, 3.63) is 42.1 Å². The fourth-order valence-corrected chi connectivity index (χ4v) is 4.31. The third kappa shape index (κ3) is 4.79. The monoisotopic (exact) mass is 521 g/mol. The van der Waals surface area contributed by atoms with Crippen molar-refractivity contribution in [1.82, 2.24) is 39.3 Å². The standard InChI is InChI=1S/C24H28FN11O2/c1-14-28-17(12-18(26)29-14)21-22(30-15-11-16(25)23(38-4)27-13-15)31-19-5-6-20(32-36(19)21)34-7-9-35(10-8-34)24(37)33(2)3/h5-6,11-13,30H,7-10H2,1-4H3,(H2,26,28,29). The number of ether oxygens (including phenoxy) is 1. The second kappa shape index (κ2) is 9.95. The Morgan fingerprint density at radius 1 is 1.13 bits per heavy atom. The van der Waals surface area contributed by atoms with E-state index in [1.165, 1.54) is 19.4 Å². The molecule has 1 saturated heterocycles. The Balaban J connectivity index is 1.54. The summed E-state index contributed by atoms with van der Waals surface area (Å²) in [6, 6.07) is 6.62. The van der Waals surface area contributed by atoms with Gasteiger partial charge in [0, 0.05) is 52.4 Å². The molecule has 0 bridgehead atoms. The summed E-state index contributed by atoms with van der Waals surface area (Å²) >= 11 is 0. The van der Waals surface area contributed by atoms with E-state index in [4.69, 9.17) is 15.6 Å². The number of carbonyl (C=O) groups excluding carboxylic acids is 1. The third-order valence-corrected chi connectivity index (χ3v) is 6.08. The largest absolute Gasteiger partial charge is 0.479 e. The van der Waals surface area contributed by atoms with Gasteiger partial charge in [0.15, 0.2) is 17.3 Å². The Labute approximate surface area is 218 Å². The Hall–Kier alpha value is -4.75. The lowest BCUT2D eigenvalue weighted by atomic mass is 10.2. The van der Waals surface area contributed by atoms with Gasteiger partial charge in [0.2, 0.25) is 5.88 Å². The molecule has 1 aliphatic heterocycles. The number of halogens is 1. The molecule has 1 fully saturated rings. The zero-order chi connectivity index (χ0) is 27.0. The fourth-order valence-electron chi connectivity index (χ4n) is 4.31. The van der Waals surface area contributed by atoms with Gasteiger partial charge in [-0.1, -0.05) is 0 Å². The topological polar surface area (TPSA) is 143 Å². The van der Waals surface area contributed by atoms with Crippen LogP contribution in [0.4, 0.5) is 32.3 Å². The molecule has 0 spiro atoms. The molecular formula is C24H28FN11O2. The molecule has 4 aromatic heterocycles. The highest BCUT2D eigenvalue weighted by Gasteiger charge is 2.25. The van der Waals surface area contributed by atoms with Gasteiger partial charge in [-0.3, -0.25) is 0 Å². The number of amides is 2. The number of nitrogens with zero attached hydrogens (tertiary/aromatic N) is 9. The van der Waals surface area contributed by atoms with E-state index in [2.05, 4.69) is 30.2 Å². The van der Waals surface area contributed by atoms with E-state index in [0.717, 1.165) is 5.82 Å². The molecule has 0 unspecified atom stereocenters. The number of urea groups is 1. The number of rotatable bonds is 5. The van der Waals surface area contributed by atoms with Crippen LogP contribution < -0.4 is 20.7 Å². The average molecular weight is 522 g/mol. The highest BCUT2D eigenvalue weighted by Crippen LogP contribution is 2.32. The van der Waals surface area contributed by atoms with Crippen LogP contribution in [0.1, 0.15) is 5.82 Å². The van der Waals surface area contributed by atoms with Crippen LogP contribution >= 0.6 is 0 Å². The molecule has 3 N–H and O–H groups in total. The third-order valence-electron chi connectivity index (χ3n) is 6.08. The van der Waals surface area contributed by atoms with Gasteiger partial charge in [0.05, 0.1) is 24.7 Å². The number of anilines is 4. The smallest absolute Gasteiger partial charge is 0.319 e. The number of piperazine rings is 1. The number of aromatic nitrogens is 6. The average Bonchev–Trinajstić information content (AvgIpc) is 3.24. The molecule has 14 heteroatoms. The molecule has 0 aliphatic carbocycles. The van der Waals surface area contributed by atoms with Gasteiger partial charge in [-0.15, -0.1) is 5.10 Å². The summed E-state index contributed by atoms with van der Waals surface area (Å²) < 4.78 is 20.9. The van der Waals surface area contributed by atoms with Crippen LogP contribution in [-0.4, -0.2) is 92.8 Å². The van der Waals surface area contributed by atoms with Gasteiger partial charge < -0.3 is 30.5 Å². The summed E-state index contributed by atoms with van der Waals surface area (Å²) in [5.74, 6) is 1.16. The van der Waals surface area contributed by atoms with E-state index in [1.807, 2.05) is 17.0 Å². The maximum absolute atomic E-state index is 14.3. The Kier molecular flexibility index (Phi) is 6.53. The Morgan fingerprint density at radius 3 is 2.55 bits per heavy atom. The number of methoxy groups -OCH3 is 1. The first-order valence-electron chi connectivity index (χ1n) is 11.9. The van der Waals surface area contributed by atoms with Crippen LogP contribution in [0.5, 0.6) is 5.88 Å². The number of hydrogen-bond acceptors (Lipinski definition) is 10. The van der Waals surface area contributed by atoms with Crippen LogP contribution in [0.25, 0.3) is 17.0 Å². The van der Waals surface area contributed by atoms with Crippen molar-refractivity contribution >= 4 is 34.8 Å². The molecule has 2 amide bonds. The molecule has 4 aromatic rings. The summed E-state index contributed by atoms with van der Waals surface area (Å²) in [7, 11) is 4.84. The van der Waals surface area contributed by atoms with E-state index >= 15 is 0 Å². The van der Waals surface area contributed by atoms with Crippen molar-refractivity contribution in [2.75, 3.05) is 63.3 Å². The maximum Gasteiger partial charge on any atom is 0.319 e. The summed E-state index contributed by atoms with van der Waals surface area (Å²) in [4.78, 5) is 35.2. The maximum atomic E-state index is 14.3. The molecule has 38 heavy (non-hydrogen) atoms. The van der Waals surface area contributed by atoms with Crippen LogP contribution in [-0.2, 0) is 0 Å². The van der Waals surface area contributed by atoms with E-state index in [0.29, 0.717) is 66.4 Å². The normalized spacial score (nSPS) is 13.6. The number of hydrogen-bond donors (Lipinski definition) is 2. The Bertz CT molecular complexity index is 1480. The highest BCUT2D eigenvalue weighted by molar-refractivity contribution is 5.78. The first-order valence-corrected chi connectivity index (χ1v) is 11.9. The van der Waals surface area contributed by atoms with E-state index in [1.54, 1.807) is 36.5 Å². The lowest BCUT2D eigenvalue weighted by molar-refractivity contribution is 0.168. The number of imidazole rings is 1. The molecule has 0 radical (unpaired) electrons. The first-order chi connectivity index (χ1) is 18.2. The highest BCUT2D eigenvalue weighted by atomic mass is 19.1. The predicted molar refractivity (Wildman–Crippen MR) is 140 cm³/mol. The van der Waals surface area contributed by atoms with Gasteiger partial charge in [0.1, 0.15) is 23.2 Å². The molecule has 0 saturated carbocycles. The first kappa shape index (κ1) is 24.9. The van der Waals surface area contributed by atoms with Gasteiger partial charge in [-0.2, -0.15) is 0 Å². The van der Waals surface area contributed by atoms with E-state index in [-0.39, 0.29) is 11.9 Å². The van der Waals surface area contributed by atoms with Crippen molar-refractivity contribution in [2.24, 2.45) is 0 Å². The van der Waals surface area contributed by atoms with Crippen LogP contribution in [0.15, 0.2) is 30.5 Å². The zero-order valence-electron chi connectivity index (χ0n) is 21.5. The minimum absolute atomic E-state index is 0.0122. The molecule has 5 rings (SSSR count). The van der Waals surface area contributed by atoms with Gasteiger partial charge in [-0.05, 0) is 19.1 Å². The second-order valence-corrected chi connectivity index (χ2v) is 8.99. The van der Waals surface area contributed by atoms with Gasteiger partial charge >= 0.3 is 6.03 Å². The predicted octanol–water partition coefficient (Wildman–Crippen LogP) is 2.17. The number of nitrogen functional groups attached to an aromatic ring is 1. The van der Waals surface area contributed by atoms with Gasteiger partial charge in [0.25, 0.3) is 0 Å². The minimum atomic E-state index is -0.614. The number of fused-ring (bicyclic) bond motifs is 1. The molecule has 0 atom stereocenters. The zero-order valence-corrected chi connectivity index (χ0v) is 21.5. The van der Waals surface area contributed by atoms with Crippen LogP contribution in [0.3, 0.4) is 0 Å². The van der Waals surface area contributed by atoms with Crippen molar-refractivity contribution < 1.29 is 13.9 Å². The summed E-state index contributed by atoms with van der Waals surface area (Å²) in [6.45, 7) is 4.16. The molecule has 1 aliphatic rings. The van der Waals surface area contributed by atoms with Crippen molar-refractivity contribution in [2.45, 2.75) is 6.92 Å².